The molecular weight excluding hydrogens is 277 g/mol. The van der Waals surface area contributed by atoms with Crippen LogP contribution in [0.25, 0.3) is 0 Å². The van der Waals surface area contributed by atoms with Crippen LogP contribution in [0.3, 0.4) is 0 Å². The maximum Gasteiger partial charge on any atom is 0.320 e. The standard InChI is InChI=1S/C5H9NO4.La/c6-3(5(9)10)1-2-4(7)8;/h3H,1-2,6H2,(H,7,8)(H,9,10);/t3-;/m0./s1. The second kappa shape index (κ2) is 6.78. The van der Waals surface area contributed by atoms with Gasteiger partial charge in [0.15, 0.2) is 0 Å². The molecule has 11 heavy (non-hydrogen) atoms. The molecule has 4 N–H and O–H groups in total. The molecule has 0 aromatic carbocycles. The van der Waals surface area contributed by atoms with E-state index in [1.165, 1.54) is 0 Å². The zero-order chi connectivity index (χ0) is 8.15. The Morgan fingerprint density at radius 1 is 1.36 bits per heavy atom. The van der Waals surface area contributed by atoms with Crippen molar-refractivity contribution in [1.29, 1.82) is 0 Å². The number of hydrogen-bond acceptors (Lipinski definition) is 3. The summed E-state index contributed by atoms with van der Waals surface area (Å²) in [6.07, 6.45) is -0.224. The first-order valence-electron chi connectivity index (χ1n) is 2.74. The third-order valence-electron chi connectivity index (χ3n) is 0.986. The van der Waals surface area contributed by atoms with Gasteiger partial charge in [-0.15, -0.1) is 0 Å². The summed E-state index contributed by atoms with van der Waals surface area (Å²) < 4.78 is 0. The molecule has 0 heterocycles. The average molecular weight is 286 g/mol. The van der Waals surface area contributed by atoms with Crippen molar-refractivity contribution in [3.8, 4) is 0 Å². The number of carboxylic acids is 2. The largest absolute Gasteiger partial charge is 0.481 e. The fourth-order valence-corrected chi connectivity index (χ4v) is 0.402. The van der Waals surface area contributed by atoms with E-state index in [0.29, 0.717) is 0 Å². The maximum absolute atomic E-state index is 9.99. The van der Waals surface area contributed by atoms with Crippen LogP contribution in [0.15, 0.2) is 0 Å². The van der Waals surface area contributed by atoms with Gasteiger partial charge in [-0.2, -0.15) is 0 Å². The van der Waals surface area contributed by atoms with Crippen molar-refractivity contribution in [3.63, 3.8) is 0 Å². The summed E-state index contributed by atoms with van der Waals surface area (Å²) in [5, 5.41) is 16.3. The van der Waals surface area contributed by atoms with Crippen LogP contribution in [-0.4, -0.2) is 28.2 Å². The van der Waals surface area contributed by atoms with E-state index in [1.54, 1.807) is 0 Å². The van der Waals surface area contributed by atoms with Crippen molar-refractivity contribution in [2.75, 3.05) is 0 Å². The molecule has 0 saturated carbocycles. The van der Waals surface area contributed by atoms with Gasteiger partial charge in [-0.05, 0) is 6.42 Å². The second-order valence-corrected chi connectivity index (χ2v) is 1.88. The average Bonchev–Trinajstić information content (AvgIpc) is 1.82. The molecule has 0 aromatic heterocycles. The Labute approximate surface area is 91.6 Å². The number of carboxylic acid groups (broad SMARTS) is 2. The number of aliphatic carboxylic acids is 2. The van der Waals surface area contributed by atoms with Gasteiger partial charge < -0.3 is 15.9 Å². The Bertz CT molecular complexity index is 149. The third-order valence-corrected chi connectivity index (χ3v) is 0.986. The fraction of sp³-hybridized carbons (Fsp3) is 0.600. The molecule has 0 aliphatic carbocycles. The van der Waals surface area contributed by atoms with Gasteiger partial charge in [-0.25, -0.2) is 0 Å². The molecule has 5 nitrogen and oxygen atoms in total. The minimum atomic E-state index is -1.17. The van der Waals surface area contributed by atoms with Crippen molar-refractivity contribution in [2.24, 2.45) is 5.73 Å². The summed E-state index contributed by atoms with van der Waals surface area (Å²) in [6.45, 7) is 0. The van der Waals surface area contributed by atoms with Gasteiger partial charge in [0, 0.05) is 42.0 Å². The minimum absolute atomic E-state index is 0. The first-order chi connectivity index (χ1) is 4.54. The fourth-order valence-electron chi connectivity index (χ4n) is 0.402. The minimum Gasteiger partial charge on any atom is -0.481 e. The molecule has 0 rings (SSSR count). The smallest absolute Gasteiger partial charge is 0.320 e. The monoisotopic (exact) mass is 286 g/mol. The summed E-state index contributed by atoms with van der Waals surface area (Å²) in [5.41, 5.74) is 5.00. The van der Waals surface area contributed by atoms with Gasteiger partial charge in [0.05, 0.1) is 0 Å². The molecule has 6 heteroatoms. The van der Waals surface area contributed by atoms with E-state index in [0.717, 1.165) is 0 Å². The summed E-state index contributed by atoms with van der Waals surface area (Å²) in [4.78, 5) is 19.9. The topological polar surface area (TPSA) is 101 Å². The number of nitrogens with two attached hydrogens (primary N) is 1. The Balaban J connectivity index is 0. The number of rotatable bonds is 4. The van der Waals surface area contributed by atoms with Crippen molar-refractivity contribution in [2.45, 2.75) is 18.9 Å². The predicted octanol–water partition coefficient (Wildman–Crippen LogP) is -0.737. The van der Waals surface area contributed by atoms with Gasteiger partial charge in [0.25, 0.3) is 0 Å². The van der Waals surface area contributed by atoms with Gasteiger partial charge >= 0.3 is 11.9 Å². The second-order valence-electron chi connectivity index (χ2n) is 1.88. The van der Waals surface area contributed by atoms with Crippen molar-refractivity contribution in [1.82, 2.24) is 0 Å². The van der Waals surface area contributed by atoms with Crippen LogP contribution >= 0.6 is 0 Å². The molecule has 0 aromatic rings. The van der Waals surface area contributed by atoms with E-state index in [4.69, 9.17) is 15.9 Å². The molecule has 0 amide bonds. The normalized spacial score (nSPS) is 11.4. The van der Waals surface area contributed by atoms with Crippen LogP contribution in [0.1, 0.15) is 12.8 Å². The number of hydrogen-bond donors (Lipinski definition) is 3. The van der Waals surface area contributed by atoms with Crippen molar-refractivity contribution >= 4 is 11.9 Å². The van der Waals surface area contributed by atoms with E-state index in [1.807, 2.05) is 0 Å². The molecule has 61 valence electrons. The molecule has 0 bridgehead atoms. The van der Waals surface area contributed by atoms with Gasteiger partial charge in [0.2, 0.25) is 0 Å². The molecule has 0 unspecified atom stereocenters. The van der Waals surface area contributed by atoms with Gasteiger partial charge in [0.1, 0.15) is 6.04 Å². The van der Waals surface area contributed by atoms with Crippen LogP contribution in [0.2, 0.25) is 0 Å². The first kappa shape index (κ1) is 13.7. The summed E-state index contributed by atoms with van der Waals surface area (Å²) >= 11 is 0. The zero-order valence-corrected chi connectivity index (χ0v) is 9.48. The van der Waals surface area contributed by atoms with Gasteiger partial charge in [-0.3, -0.25) is 9.59 Å². The van der Waals surface area contributed by atoms with E-state index in [9.17, 15) is 9.59 Å². The van der Waals surface area contributed by atoms with Crippen LogP contribution in [0.5, 0.6) is 0 Å². The van der Waals surface area contributed by atoms with Crippen LogP contribution < -0.4 is 5.73 Å². The molecular formula is C5H9LaNO4. The molecule has 0 aliphatic rings. The Morgan fingerprint density at radius 3 is 2.09 bits per heavy atom. The number of carbonyl (C=O) groups is 2. The molecule has 1 atom stereocenters. The summed E-state index contributed by atoms with van der Waals surface area (Å²) in [5.74, 6) is -2.20. The van der Waals surface area contributed by atoms with E-state index in [-0.39, 0.29) is 48.4 Å². The quantitative estimate of drug-likeness (QED) is 0.632. The molecule has 0 aliphatic heterocycles. The molecule has 1 radical (unpaired) electrons. The zero-order valence-electron chi connectivity index (χ0n) is 5.86. The van der Waals surface area contributed by atoms with Crippen molar-refractivity contribution < 1.29 is 55.4 Å². The Hall–Kier alpha value is 0.0948. The van der Waals surface area contributed by atoms with Crippen LogP contribution in [0.4, 0.5) is 0 Å². The molecule has 0 fully saturated rings. The molecule has 0 spiro atoms. The first-order valence-corrected chi connectivity index (χ1v) is 2.74. The maximum atomic E-state index is 9.99. The third kappa shape index (κ3) is 8.00. The van der Waals surface area contributed by atoms with Crippen LogP contribution in [0, 0.1) is 35.6 Å². The van der Waals surface area contributed by atoms with Crippen molar-refractivity contribution in [3.05, 3.63) is 0 Å². The Morgan fingerprint density at radius 2 is 1.82 bits per heavy atom. The predicted molar refractivity (Wildman–Crippen MR) is 32.5 cm³/mol. The summed E-state index contributed by atoms with van der Waals surface area (Å²) in [6, 6.07) is -1.06. The van der Waals surface area contributed by atoms with E-state index < -0.39 is 18.0 Å². The SMILES string of the molecule is N[C@@H](CCC(=O)O)C(=O)O.[La]. The molecule has 0 saturated heterocycles. The van der Waals surface area contributed by atoms with E-state index in [2.05, 4.69) is 0 Å². The summed E-state index contributed by atoms with van der Waals surface area (Å²) in [7, 11) is 0. The van der Waals surface area contributed by atoms with Gasteiger partial charge in [-0.1, -0.05) is 0 Å². The Kier molecular flexibility index (Phi) is 8.43. The van der Waals surface area contributed by atoms with E-state index >= 15 is 0 Å². The van der Waals surface area contributed by atoms with Crippen LogP contribution in [-0.2, 0) is 9.59 Å².